The molecule has 0 spiro atoms. The molecule has 2 aliphatic carbocycles. The highest BCUT2D eigenvalue weighted by Gasteiger charge is 2.42. The SMILES string of the molecule is CC(O)(CC1CC2C=CC1C2)C(F)F. The van der Waals surface area contributed by atoms with Crippen LogP contribution in [0.2, 0.25) is 0 Å². The lowest BCUT2D eigenvalue weighted by molar-refractivity contribution is -0.0977. The first-order valence-electron chi connectivity index (χ1n) is 5.18. The number of aliphatic hydroxyl groups is 1. The molecule has 1 fully saturated rings. The second-order valence-electron chi connectivity index (χ2n) is 4.90. The van der Waals surface area contributed by atoms with Crippen LogP contribution in [0, 0.1) is 17.8 Å². The van der Waals surface area contributed by atoms with Crippen molar-refractivity contribution in [1.82, 2.24) is 0 Å². The van der Waals surface area contributed by atoms with E-state index in [1.807, 2.05) is 0 Å². The summed E-state index contributed by atoms with van der Waals surface area (Å²) in [6.07, 6.45) is 3.98. The number of hydrogen-bond donors (Lipinski definition) is 1. The summed E-state index contributed by atoms with van der Waals surface area (Å²) in [6, 6.07) is 0. The van der Waals surface area contributed by atoms with Gasteiger partial charge in [-0.2, -0.15) is 0 Å². The fraction of sp³-hybridized carbons (Fsp3) is 0.818. The Morgan fingerprint density at radius 3 is 2.57 bits per heavy atom. The monoisotopic (exact) mass is 202 g/mol. The van der Waals surface area contributed by atoms with Gasteiger partial charge in [0.2, 0.25) is 0 Å². The molecular weight excluding hydrogens is 186 g/mol. The maximum Gasteiger partial charge on any atom is 0.266 e. The molecule has 1 nitrogen and oxygen atoms in total. The Morgan fingerprint density at radius 1 is 1.43 bits per heavy atom. The Balaban J connectivity index is 1.96. The number of halogens is 2. The molecule has 0 amide bonds. The molecule has 0 aromatic rings. The van der Waals surface area contributed by atoms with Crippen LogP contribution in [-0.4, -0.2) is 17.1 Å². The van der Waals surface area contributed by atoms with Gasteiger partial charge in [-0.1, -0.05) is 12.2 Å². The molecule has 3 heteroatoms. The van der Waals surface area contributed by atoms with Crippen molar-refractivity contribution in [2.75, 3.05) is 0 Å². The molecule has 2 rings (SSSR count). The zero-order valence-corrected chi connectivity index (χ0v) is 8.29. The molecular formula is C11H16F2O. The van der Waals surface area contributed by atoms with E-state index in [2.05, 4.69) is 12.2 Å². The lowest BCUT2D eigenvalue weighted by atomic mass is 9.83. The summed E-state index contributed by atoms with van der Waals surface area (Å²) < 4.78 is 24.9. The third kappa shape index (κ3) is 1.70. The first-order valence-corrected chi connectivity index (χ1v) is 5.18. The Labute approximate surface area is 82.8 Å². The van der Waals surface area contributed by atoms with Gasteiger partial charge >= 0.3 is 0 Å². The Hall–Kier alpha value is -0.440. The summed E-state index contributed by atoms with van der Waals surface area (Å²) in [7, 11) is 0. The predicted octanol–water partition coefficient (Wildman–Crippen LogP) is 2.60. The van der Waals surface area contributed by atoms with E-state index in [-0.39, 0.29) is 12.3 Å². The van der Waals surface area contributed by atoms with Gasteiger partial charge in [0, 0.05) is 0 Å². The van der Waals surface area contributed by atoms with Crippen LogP contribution in [0.3, 0.4) is 0 Å². The van der Waals surface area contributed by atoms with Crippen molar-refractivity contribution in [3.63, 3.8) is 0 Å². The van der Waals surface area contributed by atoms with Gasteiger partial charge in [-0.05, 0) is 43.9 Å². The van der Waals surface area contributed by atoms with Crippen molar-refractivity contribution < 1.29 is 13.9 Å². The second kappa shape index (κ2) is 3.30. The van der Waals surface area contributed by atoms with Crippen molar-refractivity contribution >= 4 is 0 Å². The van der Waals surface area contributed by atoms with Gasteiger partial charge in [0.1, 0.15) is 5.60 Å². The molecule has 0 saturated heterocycles. The molecule has 1 N–H and O–H groups in total. The smallest absolute Gasteiger partial charge is 0.266 e. The van der Waals surface area contributed by atoms with Crippen LogP contribution >= 0.6 is 0 Å². The van der Waals surface area contributed by atoms with Crippen LogP contribution in [0.25, 0.3) is 0 Å². The number of alkyl halides is 2. The Bertz CT molecular complexity index is 248. The maximum absolute atomic E-state index is 12.4. The number of rotatable bonds is 3. The zero-order valence-electron chi connectivity index (χ0n) is 8.29. The summed E-state index contributed by atoms with van der Waals surface area (Å²) in [6.45, 7) is 1.24. The van der Waals surface area contributed by atoms with Gasteiger partial charge in [0.15, 0.2) is 0 Å². The van der Waals surface area contributed by atoms with Crippen LogP contribution in [0.4, 0.5) is 8.78 Å². The van der Waals surface area contributed by atoms with E-state index < -0.39 is 12.0 Å². The lowest BCUT2D eigenvalue weighted by Crippen LogP contribution is -2.36. The zero-order chi connectivity index (χ0) is 10.3. The van der Waals surface area contributed by atoms with E-state index in [1.54, 1.807) is 0 Å². The standard InChI is InChI=1S/C11H16F2O/c1-11(14,10(12)13)6-9-5-7-2-3-8(9)4-7/h2-3,7-10,14H,4-6H2,1H3. The number of fused-ring (bicyclic) bond motifs is 2. The third-order valence-corrected chi connectivity index (χ3v) is 3.56. The second-order valence-corrected chi connectivity index (χ2v) is 4.90. The summed E-state index contributed by atoms with van der Waals surface area (Å²) >= 11 is 0. The third-order valence-electron chi connectivity index (χ3n) is 3.56. The van der Waals surface area contributed by atoms with E-state index >= 15 is 0 Å². The Morgan fingerprint density at radius 2 is 2.14 bits per heavy atom. The molecule has 4 unspecified atom stereocenters. The first kappa shape index (κ1) is 10.1. The van der Waals surface area contributed by atoms with Crippen LogP contribution in [0.15, 0.2) is 12.2 Å². The topological polar surface area (TPSA) is 20.2 Å². The van der Waals surface area contributed by atoms with Gasteiger partial charge in [0.25, 0.3) is 6.43 Å². The summed E-state index contributed by atoms with van der Waals surface area (Å²) in [5.74, 6) is 1.28. The molecule has 0 aliphatic heterocycles. The molecule has 0 radical (unpaired) electrons. The summed E-state index contributed by atoms with van der Waals surface area (Å²) in [5.41, 5.74) is -1.80. The largest absolute Gasteiger partial charge is 0.384 e. The molecule has 14 heavy (non-hydrogen) atoms. The highest BCUT2D eigenvalue weighted by atomic mass is 19.3. The molecule has 1 saturated carbocycles. The fourth-order valence-electron chi connectivity index (χ4n) is 2.75. The van der Waals surface area contributed by atoms with Gasteiger partial charge in [-0.3, -0.25) is 0 Å². The summed E-state index contributed by atoms with van der Waals surface area (Å²) in [5, 5.41) is 9.51. The van der Waals surface area contributed by atoms with E-state index in [0.29, 0.717) is 11.8 Å². The maximum atomic E-state index is 12.4. The van der Waals surface area contributed by atoms with Gasteiger partial charge < -0.3 is 5.11 Å². The molecule has 80 valence electrons. The molecule has 2 bridgehead atoms. The van der Waals surface area contributed by atoms with E-state index in [4.69, 9.17) is 0 Å². The van der Waals surface area contributed by atoms with Crippen molar-refractivity contribution in [2.45, 2.75) is 38.2 Å². The van der Waals surface area contributed by atoms with Crippen molar-refractivity contribution in [3.05, 3.63) is 12.2 Å². The summed E-state index contributed by atoms with van der Waals surface area (Å²) in [4.78, 5) is 0. The van der Waals surface area contributed by atoms with E-state index in [9.17, 15) is 13.9 Å². The van der Waals surface area contributed by atoms with Gasteiger partial charge in [-0.25, -0.2) is 8.78 Å². The van der Waals surface area contributed by atoms with Crippen molar-refractivity contribution in [3.8, 4) is 0 Å². The Kier molecular flexibility index (Phi) is 2.38. The molecule has 4 atom stereocenters. The number of allylic oxidation sites excluding steroid dienone is 2. The van der Waals surface area contributed by atoms with Gasteiger partial charge in [-0.15, -0.1) is 0 Å². The minimum absolute atomic E-state index is 0.232. The molecule has 0 heterocycles. The van der Waals surface area contributed by atoms with E-state index in [0.717, 1.165) is 12.8 Å². The molecule has 0 aromatic carbocycles. The average molecular weight is 202 g/mol. The van der Waals surface area contributed by atoms with Crippen LogP contribution in [0.5, 0.6) is 0 Å². The first-order chi connectivity index (χ1) is 6.49. The minimum atomic E-state index is -2.63. The van der Waals surface area contributed by atoms with Gasteiger partial charge in [0.05, 0.1) is 0 Å². The lowest BCUT2D eigenvalue weighted by Gasteiger charge is -2.28. The van der Waals surface area contributed by atoms with E-state index in [1.165, 1.54) is 6.92 Å². The highest BCUT2D eigenvalue weighted by molar-refractivity contribution is 5.10. The molecule has 2 aliphatic rings. The highest BCUT2D eigenvalue weighted by Crippen LogP contribution is 2.47. The quantitative estimate of drug-likeness (QED) is 0.697. The number of hydrogen-bond acceptors (Lipinski definition) is 1. The average Bonchev–Trinajstić information content (AvgIpc) is 2.63. The van der Waals surface area contributed by atoms with Crippen LogP contribution < -0.4 is 0 Å². The van der Waals surface area contributed by atoms with Crippen LogP contribution in [0.1, 0.15) is 26.2 Å². The fourth-order valence-corrected chi connectivity index (χ4v) is 2.75. The normalized spacial score (nSPS) is 39.4. The molecule has 0 aromatic heterocycles. The van der Waals surface area contributed by atoms with Crippen molar-refractivity contribution in [1.29, 1.82) is 0 Å². The minimum Gasteiger partial charge on any atom is -0.384 e. The van der Waals surface area contributed by atoms with Crippen LogP contribution in [-0.2, 0) is 0 Å². The predicted molar refractivity (Wildman–Crippen MR) is 50.1 cm³/mol. The van der Waals surface area contributed by atoms with Crippen molar-refractivity contribution in [2.24, 2.45) is 17.8 Å².